The van der Waals surface area contributed by atoms with Gasteiger partial charge in [-0.3, -0.25) is 4.98 Å². The third kappa shape index (κ3) is 5.17. The van der Waals surface area contributed by atoms with Crippen molar-refractivity contribution in [1.82, 2.24) is 20.6 Å². The van der Waals surface area contributed by atoms with Gasteiger partial charge in [0.1, 0.15) is 17.5 Å². The number of rotatable bonds is 6. The van der Waals surface area contributed by atoms with Gasteiger partial charge in [-0.15, -0.1) is 0 Å². The SMILES string of the molecule is CC(NC(=O)NCCNc1cnccn1)c1cc(F)ccc1F. The maximum atomic E-state index is 13.6. The van der Waals surface area contributed by atoms with Gasteiger partial charge in [0.25, 0.3) is 0 Å². The molecule has 3 N–H and O–H groups in total. The first-order valence-electron chi connectivity index (χ1n) is 7.05. The lowest BCUT2D eigenvalue weighted by Gasteiger charge is -2.16. The molecule has 0 aliphatic rings. The zero-order valence-electron chi connectivity index (χ0n) is 12.5. The third-order valence-electron chi connectivity index (χ3n) is 3.05. The lowest BCUT2D eigenvalue weighted by Crippen LogP contribution is -2.39. The molecule has 8 heteroatoms. The third-order valence-corrected chi connectivity index (χ3v) is 3.05. The monoisotopic (exact) mass is 321 g/mol. The summed E-state index contributed by atoms with van der Waals surface area (Å²) < 4.78 is 26.7. The second-order valence-corrected chi connectivity index (χ2v) is 4.81. The topological polar surface area (TPSA) is 78.9 Å². The first kappa shape index (κ1) is 16.6. The molecule has 0 saturated heterocycles. The van der Waals surface area contributed by atoms with Crippen molar-refractivity contribution in [2.45, 2.75) is 13.0 Å². The largest absolute Gasteiger partial charge is 0.367 e. The van der Waals surface area contributed by atoms with Gasteiger partial charge in [0.15, 0.2) is 0 Å². The summed E-state index contributed by atoms with van der Waals surface area (Å²) in [6, 6.07) is 2.01. The average Bonchev–Trinajstić information content (AvgIpc) is 2.54. The molecule has 0 fully saturated rings. The Morgan fingerprint density at radius 2 is 2.09 bits per heavy atom. The van der Waals surface area contributed by atoms with E-state index in [1.165, 1.54) is 0 Å². The number of nitrogens with zero attached hydrogens (tertiary/aromatic N) is 2. The maximum absolute atomic E-state index is 13.6. The zero-order valence-corrected chi connectivity index (χ0v) is 12.5. The summed E-state index contributed by atoms with van der Waals surface area (Å²) in [5.74, 6) is -0.517. The standard InChI is InChI=1S/C15H17F2N5O/c1-10(12-8-11(16)2-3-13(12)17)22-15(23)21-7-6-20-14-9-18-4-5-19-14/h2-5,8-10H,6-7H2,1H3,(H,19,20)(H2,21,22,23). The molecule has 1 heterocycles. The molecule has 2 rings (SSSR count). The van der Waals surface area contributed by atoms with Crippen LogP contribution in [-0.4, -0.2) is 29.1 Å². The van der Waals surface area contributed by atoms with Crippen LogP contribution in [0.3, 0.4) is 0 Å². The minimum Gasteiger partial charge on any atom is -0.367 e. The van der Waals surface area contributed by atoms with E-state index in [1.807, 2.05) is 0 Å². The second-order valence-electron chi connectivity index (χ2n) is 4.81. The predicted molar refractivity (Wildman–Crippen MR) is 81.8 cm³/mol. The molecule has 6 nitrogen and oxygen atoms in total. The molecule has 0 aliphatic carbocycles. The van der Waals surface area contributed by atoms with Crippen LogP contribution in [0.5, 0.6) is 0 Å². The number of anilines is 1. The number of carbonyl (C=O) groups is 1. The number of hydrogen-bond donors (Lipinski definition) is 3. The molecule has 23 heavy (non-hydrogen) atoms. The van der Waals surface area contributed by atoms with E-state index in [-0.39, 0.29) is 5.56 Å². The Bertz CT molecular complexity index is 654. The minimum atomic E-state index is -0.654. The predicted octanol–water partition coefficient (Wildman–Crippen LogP) is 2.23. The van der Waals surface area contributed by atoms with Crippen molar-refractivity contribution in [1.29, 1.82) is 0 Å². The van der Waals surface area contributed by atoms with E-state index in [4.69, 9.17) is 0 Å². The fourth-order valence-electron chi connectivity index (χ4n) is 1.93. The molecular formula is C15H17F2N5O. The van der Waals surface area contributed by atoms with Crippen LogP contribution in [0.2, 0.25) is 0 Å². The van der Waals surface area contributed by atoms with Crippen molar-refractivity contribution in [3.63, 3.8) is 0 Å². The first-order chi connectivity index (χ1) is 11.1. The van der Waals surface area contributed by atoms with Crippen molar-refractivity contribution < 1.29 is 13.6 Å². The Kier molecular flexibility index (Phi) is 5.79. The van der Waals surface area contributed by atoms with Gasteiger partial charge in [-0.1, -0.05) is 0 Å². The van der Waals surface area contributed by atoms with E-state index in [1.54, 1.807) is 25.5 Å². The quantitative estimate of drug-likeness (QED) is 0.713. The summed E-state index contributed by atoms with van der Waals surface area (Å²) in [5.41, 5.74) is 0.0952. The molecule has 1 unspecified atom stereocenters. The highest BCUT2D eigenvalue weighted by molar-refractivity contribution is 5.74. The number of amides is 2. The molecule has 0 aliphatic heterocycles. The van der Waals surface area contributed by atoms with Crippen LogP contribution in [0.25, 0.3) is 0 Å². The second kappa shape index (κ2) is 8.02. The summed E-state index contributed by atoms with van der Waals surface area (Å²) in [6.45, 7) is 2.37. The number of aromatic nitrogens is 2. The van der Waals surface area contributed by atoms with Crippen LogP contribution in [0.15, 0.2) is 36.8 Å². The normalized spacial score (nSPS) is 11.6. The fourth-order valence-corrected chi connectivity index (χ4v) is 1.93. The molecule has 0 radical (unpaired) electrons. The van der Waals surface area contributed by atoms with E-state index in [0.29, 0.717) is 18.9 Å². The molecule has 122 valence electrons. The number of halogens is 2. The van der Waals surface area contributed by atoms with E-state index in [9.17, 15) is 13.6 Å². The van der Waals surface area contributed by atoms with E-state index >= 15 is 0 Å². The zero-order chi connectivity index (χ0) is 16.7. The Hall–Kier alpha value is -2.77. The van der Waals surface area contributed by atoms with Crippen molar-refractivity contribution in [2.75, 3.05) is 18.4 Å². The van der Waals surface area contributed by atoms with Gasteiger partial charge >= 0.3 is 6.03 Å². The summed E-state index contributed by atoms with van der Waals surface area (Å²) in [4.78, 5) is 19.7. The average molecular weight is 321 g/mol. The smallest absolute Gasteiger partial charge is 0.315 e. The molecule has 1 atom stereocenters. The molecule has 2 amide bonds. The Labute approximate surface area is 132 Å². The molecular weight excluding hydrogens is 304 g/mol. The van der Waals surface area contributed by atoms with Gasteiger partial charge in [-0.2, -0.15) is 0 Å². The van der Waals surface area contributed by atoms with Crippen molar-refractivity contribution >= 4 is 11.8 Å². The highest BCUT2D eigenvalue weighted by Crippen LogP contribution is 2.17. The maximum Gasteiger partial charge on any atom is 0.315 e. The lowest BCUT2D eigenvalue weighted by atomic mass is 10.1. The number of carbonyl (C=O) groups excluding carboxylic acids is 1. The van der Waals surface area contributed by atoms with Gasteiger partial charge in [0, 0.05) is 31.0 Å². The van der Waals surface area contributed by atoms with Crippen LogP contribution >= 0.6 is 0 Å². The molecule has 0 saturated carbocycles. The molecule has 0 bridgehead atoms. The number of urea groups is 1. The summed E-state index contributed by atoms with van der Waals surface area (Å²) in [7, 11) is 0. The summed E-state index contributed by atoms with van der Waals surface area (Å²) >= 11 is 0. The first-order valence-corrected chi connectivity index (χ1v) is 7.05. The minimum absolute atomic E-state index is 0.0952. The summed E-state index contributed by atoms with van der Waals surface area (Å²) in [5, 5.41) is 8.14. The molecule has 1 aromatic carbocycles. The van der Waals surface area contributed by atoms with Crippen LogP contribution < -0.4 is 16.0 Å². The Morgan fingerprint density at radius 3 is 2.83 bits per heavy atom. The van der Waals surface area contributed by atoms with Crippen molar-refractivity contribution in [3.8, 4) is 0 Å². The lowest BCUT2D eigenvalue weighted by molar-refractivity contribution is 0.238. The highest BCUT2D eigenvalue weighted by atomic mass is 19.1. The fraction of sp³-hybridized carbons (Fsp3) is 0.267. The van der Waals surface area contributed by atoms with E-state index in [2.05, 4.69) is 25.9 Å². The highest BCUT2D eigenvalue weighted by Gasteiger charge is 2.14. The Morgan fingerprint density at radius 1 is 1.26 bits per heavy atom. The molecule has 1 aromatic heterocycles. The van der Waals surface area contributed by atoms with E-state index in [0.717, 1.165) is 18.2 Å². The van der Waals surface area contributed by atoms with E-state index < -0.39 is 23.7 Å². The summed E-state index contributed by atoms with van der Waals surface area (Å²) in [6.07, 6.45) is 4.68. The van der Waals surface area contributed by atoms with Crippen LogP contribution in [0.4, 0.5) is 19.4 Å². The van der Waals surface area contributed by atoms with Crippen LogP contribution in [0, 0.1) is 11.6 Å². The van der Waals surface area contributed by atoms with Gasteiger partial charge in [0.05, 0.1) is 12.2 Å². The number of nitrogens with one attached hydrogen (secondary N) is 3. The van der Waals surface area contributed by atoms with Crippen molar-refractivity contribution in [2.24, 2.45) is 0 Å². The van der Waals surface area contributed by atoms with Crippen LogP contribution in [0.1, 0.15) is 18.5 Å². The van der Waals surface area contributed by atoms with Crippen molar-refractivity contribution in [3.05, 3.63) is 54.0 Å². The van der Waals surface area contributed by atoms with Gasteiger partial charge in [-0.25, -0.2) is 18.6 Å². The van der Waals surface area contributed by atoms with Gasteiger partial charge < -0.3 is 16.0 Å². The number of hydrogen-bond acceptors (Lipinski definition) is 4. The van der Waals surface area contributed by atoms with Gasteiger partial charge in [0.2, 0.25) is 0 Å². The molecule has 0 spiro atoms. The van der Waals surface area contributed by atoms with Gasteiger partial charge in [-0.05, 0) is 25.1 Å². The number of benzene rings is 1. The molecule has 2 aromatic rings. The Balaban J connectivity index is 1.75. The van der Waals surface area contributed by atoms with Crippen LogP contribution in [-0.2, 0) is 0 Å².